The number of hydrogen-bond acceptors (Lipinski definition) is 2. The second kappa shape index (κ2) is 4.06. The van der Waals surface area contributed by atoms with Crippen LogP contribution in [0.15, 0.2) is 18.2 Å². The van der Waals surface area contributed by atoms with E-state index in [2.05, 4.69) is 0 Å². The third-order valence-electron chi connectivity index (χ3n) is 2.81. The highest BCUT2D eigenvalue weighted by atomic mass is 19.1. The average Bonchev–Trinajstić information content (AvgIpc) is 2.98. The van der Waals surface area contributed by atoms with Gasteiger partial charge >= 0.3 is 0 Å². The number of benzene rings is 1. The number of rotatable bonds is 4. The Morgan fingerprint density at radius 1 is 1.44 bits per heavy atom. The largest absolute Gasteiger partial charge is 0.490 e. The zero-order chi connectivity index (χ0) is 11.8. The summed E-state index contributed by atoms with van der Waals surface area (Å²) in [5.74, 6) is 0.480. The van der Waals surface area contributed by atoms with Gasteiger partial charge in [0.25, 0.3) is 0 Å². The SMILES string of the molecule is CC(C)(O)c1ccc(OCC2CC2)c(F)c1. The lowest BCUT2D eigenvalue weighted by atomic mass is 9.98. The van der Waals surface area contributed by atoms with Crippen molar-refractivity contribution in [2.75, 3.05) is 6.61 Å². The summed E-state index contributed by atoms with van der Waals surface area (Å²) >= 11 is 0. The molecule has 1 aromatic rings. The second-order valence-corrected chi connectivity index (χ2v) is 4.96. The molecule has 0 aliphatic heterocycles. The van der Waals surface area contributed by atoms with Crippen LogP contribution in [0, 0.1) is 11.7 Å². The van der Waals surface area contributed by atoms with Gasteiger partial charge in [-0.25, -0.2) is 4.39 Å². The summed E-state index contributed by atoms with van der Waals surface area (Å²) in [7, 11) is 0. The zero-order valence-corrected chi connectivity index (χ0v) is 9.66. The van der Waals surface area contributed by atoms with Gasteiger partial charge in [0, 0.05) is 0 Å². The van der Waals surface area contributed by atoms with E-state index in [1.807, 2.05) is 0 Å². The van der Waals surface area contributed by atoms with Gasteiger partial charge in [-0.05, 0) is 50.3 Å². The summed E-state index contributed by atoms with van der Waals surface area (Å²) in [5.41, 5.74) is -0.459. The van der Waals surface area contributed by atoms with Crippen LogP contribution in [0.25, 0.3) is 0 Å². The first-order valence-electron chi connectivity index (χ1n) is 5.62. The lowest BCUT2D eigenvalue weighted by molar-refractivity contribution is 0.0781. The molecule has 0 unspecified atom stereocenters. The van der Waals surface area contributed by atoms with Crippen molar-refractivity contribution in [3.05, 3.63) is 29.6 Å². The monoisotopic (exact) mass is 224 g/mol. The van der Waals surface area contributed by atoms with Gasteiger partial charge in [-0.1, -0.05) is 6.07 Å². The van der Waals surface area contributed by atoms with Gasteiger partial charge in [-0.15, -0.1) is 0 Å². The lowest BCUT2D eigenvalue weighted by Crippen LogP contribution is -2.15. The van der Waals surface area contributed by atoms with Crippen LogP contribution in [0.5, 0.6) is 5.75 Å². The standard InChI is InChI=1S/C13H17FO2/c1-13(2,15)10-5-6-12(11(14)7-10)16-8-9-3-4-9/h5-7,9,15H,3-4,8H2,1-2H3. The van der Waals surface area contributed by atoms with Crippen molar-refractivity contribution >= 4 is 0 Å². The molecule has 0 heterocycles. The minimum atomic E-state index is -1.02. The topological polar surface area (TPSA) is 29.5 Å². The Morgan fingerprint density at radius 2 is 2.12 bits per heavy atom. The van der Waals surface area contributed by atoms with E-state index in [0.29, 0.717) is 18.1 Å². The minimum Gasteiger partial charge on any atom is -0.490 e. The highest BCUT2D eigenvalue weighted by Crippen LogP contribution is 2.31. The molecule has 0 radical (unpaired) electrons. The minimum absolute atomic E-state index is 0.278. The Hall–Kier alpha value is -1.09. The summed E-state index contributed by atoms with van der Waals surface area (Å²) in [6.07, 6.45) is 2.37. The fourth-order valence-corrected chi connectivity index (χ4v) is 1.49. The van der Waals surface area contributed by atoms with Gasteiger partial charge in [0.1, 0.15) is 0 Å². The van der Waals surface area contributed by atoms with E-state index < -0.39 is 11.4 Å². The van der Waals surface area contributed by atoms with Crippen LogP contribution in [0.4, 0.5) is 4.39 Å². The van der Waals surface area contributed by atoms with Gasteiger partial charge in [-0.2, -0.15) is 0 Å². The third-order valence-corrected chi connectivity index (χ3v) is 2.81. The first-order chi connectivity index (χ1) is 7.47. The van der Waals surface area contributed by atoms with Crippen LogP contribution in [-0.2, 0) is 5.60 Å². The maximum atomic E-state index is 13.6. The van der Waals surface area contributed by atoms with Crippen LogP contribution >= 0.6 is 0 Å². The van der Waals surface area contributed by atoms with Crippen molar-refractivity contribution in [2.45, 2.75) is 32.3 Å². The Bertz CT molecular complexity index is 378. The number of hydrogen-bond donors (Lipinski definition) is 1. The quantitative estimate of drug-likeness (QED) is 0.852. The molecule has 1 aliphatic carbocycles. The van der Waals surface area contributed by atoms with E-state index in [1.165, 1.54) is 18.9 Å². The van der Waals surface area contributed by atoms with Crippen molar-refractivity contribution in [3.63, 3.8) is 0 Å². The smallest absolute Gasteiger partial charge is 0.165 e. The van der Waals surface area contributed by atoms with Crippen molar-refractivity contribution in [1.29, 1.82) is 0 Å². The molecule has 1 aliphatic rings. The van der Waals surface area contributed by atoms with Crippen LogP contribution in [0.2, 0.25) is 0 Å². The molecule has 1 fully saturated rings. The molecule has 0 atom stereocenters. The summed E-state index contributed by atoms with van der Waals surface area (Å²) < 4.78 is 19.0. The first kappa shape index (κ1) is 11.4. The van der Waals surface area contributed by atoms with E-state index in [9.17, 15) is 9.50 Å². The predicted molar refractivity (Wildman–Crippen MR) is 59.9 cm³/mol. The van der Waals surface area contributed by atoms with Crippen molar-refractivity contribution in [1.82, 2.24) is 0 Å². The number of aliphatic hydroxyl groups is 1. The normalized spacial score (nSPS) is 16.2. The number of halogens is 1. The maximum absolute atomic E-state index is 13.6. The Morgan fingerprint density at radius 3 is 2.62 bits per heavy atom. The van der Waals surface area contributed by atoms with Crippen LogP contribution in [-0.4, -0.2) is 11.7 Å². The fraction of sp³-hybridized carbons (Fsp3) is 0.538. The fourth-order valence-electron chi connectivity index (χ4n) is 1.49. The summed E-state index contributed by atoms with van der Waals surface area (Å²) in [6, 6.07) is 4.62. The summed E-state index contributed by atoms with van der Waals surface area (Å²) in [6.45, 7) is 3.86. The van der Waals surface area contributed by atoms with Gasteiger partial charge in [0.2, 0.25) is 0 Å². The molecule has 0 saturated heterocycles. The molecule has 88 valence electrons. The molecule has 0 bridgehead atoms. The molecule has 1 N–H and O–H groups in total. The van der Waals surface area contributed by atoms with E-state index in [-0.39, 0.29) is 5.75 Å². The van der Waals surface area contributed by atoms with Crippen molar-refractivity contribution in [3.8, 4) is 5.75 Å². The van der Waals surface area contributed by atoms with Crippen molar-refractivity contribution in [2.24, 2.45) is 5.92 Å². The highest BCUT2D eigenvalue weighted by molar-refractivity contribution is 5.32. The Kier molecular flexibility index (Phi) is 2.89. The van der Waals surface area contributed by atoms with Gasteiger partial charge < -0.3 is 9.84 Å². The zero-order valence-electron chi connectivity index (χ0n) is 9.66. The third kappa shape index (κ3) is 2.73. The predicted octanol–water partition coefficient (Wildman–Crippen LogP) is 2.84. The molecule has 0 spiro atoms. The molecule has 1 aromatic carbocycles. The highest BCUT2D eigenvalue weighted by Gasteiger charge is 2.23. The van der Waals surface area contributed by atoms with E-state index in [4.69, 9.17) is 4.74 Å². The van der Waals surface area contributed by atoms with E-state index >= 15 is 0 Å². The molecule has 2 rings (SSSR count). The molecule has 2 nitrogen and oxygen atoms in total. The molecule has 1 saturated carbocycles. The molecular weight excluding hydrogens is 207 g/mol. The maximum Gasteiger partial charge on any atom is 0.165 e. The lowest BCUT2D eigenvalue weighted by Gasteiger charge is -2.18. The van der Waals surface area contributed by atoms with E-state index in [0.717, 1.165) is 0 Å². The van der Waals surface area contributed by atoms with E-state index in [1.54, 1.807) is 26.0 Å². The summed E-state index contributed by atoms with van der Waals surface area (Å²) in [4.78, 5) is 0. The van der Waals surface area contributed by atoms with Gasteiger partial charge in [0.15, 0.2) is 11.6 Å². The molecule has 16 heavy (non-hydrogen) atoms. The Balaban J connectivity index is 2.09. The van der Waals surface area contributed by atoms with Crippen molar-refractivity contribution < 1.29 is 14.2 Å². The van der Waals surface area contributed by atoms with Gasteiger partial charge in [0.05, 0.1) is 12.2 Å². The first-order valence-corrected chi connectivity index (χ1v) is 5.62. The van der Waals surface area contributed by atoms with Crippen LogP contribution in [0.3, 0.4) is 0 Å². The molecule has 3 heteroatoms. The molecule has 0 amide bonds. The van der Waals surface area contributed by atoms with Gasteiger partial charge in [-0.3, -0.25) is 0 Å². The Labute approximate surface area is 95.1 Å². The molecular formula is C13H17FO2. The number of ether oxygens (including phenoxy) is 1. The average molecular weight is 224 g/mol. The summed E-state index contributed by atoms with van der Waals surface area (Å²) in [5, 5.41) is 9.72. The van der Waals surface area contributed by atoms with Crippen LogP contribution < -0.4 is 4.74 Å². The van der Waals surface area contributed by atoms with Crippen LogP contribution in [0.1, 0.15) is 32.3 Å². The molecule has 0 aromatic heterocycles. The second-order valence-electron chi connectivity index (χ2n) is 4.96.